The molecule has 3 rings (SSSR count). The summed E-state index contributed by atoms with van der Waals surface area (Å²) in [6, 6.07) is 13.9. The van der Waals surface area contributed by atoms with Crippen molar-refractivity contribution in [2.24, 2.45) is 4.99 Å². The Morgan fingerprint density at radius 3 is 2.64 bits per heavy atom. The molecule has 0 spiro atoms. The normalized spacial score (nSPS) is 15.0. The molecule has 0 atom stereocenters. The Kier molecular flexibility index (Phi) is 4.56. The van der Waals surface area contributed by atoms with Gasteiger partial charge in [0.15, 0.2) is 11.6 Å². The zero-order chi connectivity index (χ0) is 17.8. The maximum atomic E-state index is 11.7. The molecule has 0 saturated heterocycles. The number of nitro groups is 1. The molecule has 1 aliphatic heterocycles. The summed E-state index contributed by atoms with van der Waals surface area (Å²) in [6.07, 6.45) is 1.33. The van der Waals surface area contributed by atoms with E-state index in [1.165, 1.54) is 31.2 Å². The van der Waals surface area contributed by atoms with Crippen LogP contribution in [0.5, 0.6) is 5.75 Å². The molecule has 1 aliphatic rings. The number of aliphatic imine (C=N–C) groups is 1. The SMILES string of the molecule is CC1=N/C(=C/c2cc(OCc3ccccc3)ccc2[N+](=O)[O-])C(=O)O1. The van der Waals surface area contributed by atoms with E-state index in [-0.39, 0.29) is 22.8 Å². The maximum absolute atomic E-state index is 11.7. The quantitative estimate of drug-likeness (QED) is 0.360. The molecule has 0 fully saturated rings. The first-order valence-corrected chi connectivity index (χ1v) is 7.47. The summed E-state index contributed by atoms with van der Waals surface area (Å²) in [6.45, 7) is 1.86. The van der Waals surface area contributed by atoms with E-state index in [1.54, 1.807) is 0 Å². The Morgan fingerprint density at radius 2 is 2.00 bits per heavy atom. The molecule has 2 aromatic carbocycles. The highest BCUT2D eigenvalue weighted by molar-refractivity contribution is 6.06. The van der Waals surface area contributed by atoms with Gasteiger partial charge in [-0.2, -0.15) is 0 Å². The van der Waals surface area contributed by atoms with Crippen molar-refractivity contribution < 1.29 is 19.2 Å². The summed E-state index contributed by atoms with van der Waals surface area (Å²) in [5.74, 6) is 0.0196. The van der Waals surface area contributed by atoms with Crippen LogP contribution in [0.25, 0.3) is 6.08 Å². The third-order valence-electron chi connectivity index (χ3n) is 3.46. The van der Waals surface area contributed by atoms with Gasteiger partial charge in [0.2, 0.25) is 0 Å². The van der Waals surface area contributed by atoms with Crippen LogP contribution in [-0.4, -0.2) is 16.8 Å². The Bertz CT molecular complexity index is 888. The van der Waals surface area contributed by atoms with Crippen molar-refractivity contribution in [2.45, 2.75) is 13.5 Å². The van der Waals surface area contributed by atoms with Gasteiger partial charge in [-0.05, 0) is 23.8 Å². The predicted octanol–water partition coefficient (Wildman–Crippen LogP) is 3.49. The summed E-state index contributed by atoms with van der Waals surface area (Å²) >= 11 is 0. The molecular weight excluding hydrogens is 324 g/mol. The summed E-state index contributed by atoms with van der Waals surface area (Å²) < 4.78 is 10.5. The average Bonchev–Trinajstić information content (AvgIpc) is 2.91. The first-order valence-electron chi connectivity index (χ1n) is 7.47. The highest BCUT2D eigenvalue weighted by Crippen LogP contribution is 2.28. The van der Waals surface area contributed by atoms with Crippen LogP contribution in [-0.2, 0) is 16.1 Å². The summed E-state index contributed by atoms with van der Waals surface area (Å²) in [7, 11) is 0. The fourth-order valence-electron chi connectivity index (χ4n) is 2.31. The number of cyclic esters (lactones) is 1. The monoisotopic (exact) mass is 338 g/mol. The number of rotatable bonds is 5. The second-order valence-electron chi connectivity index (χ2n) is 5.30. The molecule has 0 aromatic heterocycles. The largest absolute Gasteiger partial charge is 0.489 e. The van der Waals surface area contributed by atoms with E-state index in [2.05, 4.69) is 4.99 Å². The molecule has 0 radical (unpaired) electrons. The third-order valence-corrected chi connectivity index (χ3v) is 3.46. The van der Waals surface area contributed by atoms with Gasteiger partial charge >= 0.3 is 5.97 Å². The predicted molar refractivity (Wildman–Crippen MR) is 91.0 cm³/mol. The lowest BCUT2D eigenvalue weighted by molar-refractivity contribution is -0.385. The Labute approximate surface area is 143 Å². The van der Waals surface area contributed by atoms with Crippen molar-refractivity contribution in [1.29, 1.82) is 0 Å². The number of carbonyl (C=O) groups excluding carboxylic acids is 1. The molecule has 0 bridgehead atoms. The number of carbonyl (C=O) groups is 1. The maximum Gasteiger partial charge on any atom is 0.363 e. The highest BCUT2D eigenvalue weighted by Gasteiger charge is 2.22. The molecule has 25 heavy (non-hydrogen) atoms. The topological polar surface area (TPSA) is 91.0 Å². The Balaban J connectivity index is 1.89. The molecule has 0 saturated carbocycles. The van der Waals surface area contributed by atoms with Crippen LogP contribution >= 0.6 is 0 Å². The van der Waals surface area contributed by atoms with E-state index in [0.29, 0.717) is 12.4 Å². The number of benzene rings is 2. The number of nitrogens with zero attached hydrogens (tertiary/aromatic N) is 2. The minimum Gasteiger partial charge on any atom is -0.489 e. The number of hydrogen-bond acceptors (Lipinski definition) is 6. The molecule has 7 nitrogen and oxygen atoms in total. The van der Waals surface area contributed by atoms with E-state index in [4.69, 9.17) is 9.47 Å². The van der Waals surface area contributed by atoms with E-state index < -0.39 is 10.9 Å². The molecule has 0 unspecified atom stereocenters. The van der Waals surface area contributed by atoms with Crippen LogP contribution in [0.2, 0.25) is 0 Å². The molecule has 0 amide bonds. The van der Waals surface area contributed by atoms with E-state index in [1.807, 2.05) is 30.3 Å². The van der Waals surface area contributed by atoms with Crippen LogP contribution in [0.4, 0.5) is 5.69 Å². The molecule has 0 N–H and O–H groups in total. The van der Waals surface area contributed by atoms with Crippen LogP contribution < -0.4 is 4.74 Å². The second kappa shape index (κ2) is 6.96. The van der Waals surface area contributed by atoms with Gasteiger partial charge in [0.1, 0.15) is 12.4 Å². The first kappa shape index (κ1) is 16.4. The van der Waals surface area contributed by atoms with Crippen molar-refractivity contribution in [3.8, 4) is 5.75 Å². The summed E-state index contributed by atoms with van der Waals surface area (Å²) in [5, 5.41) is 11.2. The van der Waals surface area contributed by atoms with Gasteiger partial charge in [-0.15, -0.1) is 0 Å². The zero-order valence-electron chi connectivity index (χ0n) is 13.3. The zero-order valence-corrected chi connectivity index (χ0v) is 13.3. The second-order valence-corrected chi connectivity index (χ2v) is 5.30. The van der Waals surface area contributed by atoms with Gasteiger partial charge in [-0.3, -0.25) is 10.1 Å². The molecule has 0 aliphatic carbocycles. The van der Waals surface area contributed by atoms with Crippen molar-refractivity contribution in [1.82, 2.24) is 0 Å². The lowest BCUT2D eigenvalue weighted by atomic mass is 10.1. The fourth-order valence-corrected chi connectivity index (χ4v) is 2.31. The highest BCUT2D eigenvalue weighted by atomic mass is 16.6. The Hall–Kier alpha value is -3.48. The van der Waals surface area contributed by atoms with Crippen molar-refractivity contribution >= 4 is 23.6 Å². The summed E-state index contributed by atoms with van der Waals surface area (Å²) in [5.41, 5.74) is 1.06. The van der Waals surface area contributed by atoms with E-state index in [9.17, 15) is 14.9 Å². The van der Waals surface area contributed by atoms with Crippen LogP contribution in [0.15, 0.2) is 59.2 Å². The van der Waals surface area contributed by atoms with Crippen LogP contribution in [0.1, 0.15) is 18.1 Å². The number of ether oxygens (including phenoxy) is 2. The molecule has 126 valence electrons. The summed E-state index contributed by atoms with van der Waals surface area (Å²) in [4.78, 5) is 26.3. The molecule has 7 heteroatoms. The number of hydrogen-bond donors (Lipinski definition) is 0. The third kappa shape index (κ3) is 3.89. The van der Waals surface area contributed by atoms with Crippen molar-refractivity contribution in [2.75, 3.05) is 0 Å². The van der Waals surface area contributed by atoms with Gasteiger partial charge in [-0.25, -0.2) is 9.79 Å². The van der Waals surface area contributed by atoms with Gasteiger partial charge < -0.3 is 9.47 Å². The average molecular weight is 338 g/mol. The van der Waals surface area contributed by atoms with Crippen molar-refractivity contribution in [3.05, 3.63) is 75.5 Å². The lowest BCUT2D eigenvalue weighted by Crippen LogP contribution is -2.01. The first-order chi connectivity index (χ1) is 12.0. The molecule has 2 aromatic rings. The van der Waals surface area contributed by atoms with Gasteiger partial charge in [0, 0.05) is 13.0 Å². The van der Waals surface area contributed by atoms with Gasteiger partial charge in [0.05, 0.1) is 10.5 Å². The molecular formula is C18H14N2O5. The standard InChI is InChI=1S/C18H14N2O5/c1-12-19-16(18(21)25-12)10-14-9-15(7-8-17(14)20(22)23)24-11-13-5-3-2-4-6-13/h2-10H,11H2,1H3/b16-10+. The lowest BCUT2D eigenvalue weighted by Gasteiger charge is -2.07. The molecule has 1 heterocycles. The van der Waals surface area contributed by atoms with Crippen molar-refractivity contribution in [3.63, 3.8) is 0 Å². The number of esters is 1. The van der Waals surface area contributed by atoms with Gasteiger partial charge in [-0.1, -0.05) is 30.3 Å². The Morgan fingerprint density at radius 1 is 1.24 bits per heavy atom. The fraction of sp³-hybridized carbons (Fsp3) is 0.111. The van der Waals surface area contributed by atoms with E-state index in [0.717, 1.165) is 5.56 Å². The van der Waals surface area contributed by atoms with Crippen LogP contribution in [0, 0.1) is 10.1 Å². The minimum atomic E-state index is -0.637. The number of nitro benzene ring substituents is 1. The minimum absolute atomic E-state index is 0.0146. The smallest absolute Gasteiger partial charge is 0.363 e. The van der Waals surface area contributed by atoms with E-state index >= 15 is 0 Å². The van der Waals surface area contributed by atoms with Crippen LogP contribution in [0.3, 0.4) is 0 Å². The van der Waals surface area contributed by atoms with Gasteiger partial charge in [0.25, 0.3) is 5.69 Å².